The monoisotopic (exact) mass is 323 g/mol. The maximum Gasteiger partial charge on any atom is 0.311 e. The van der Waals surface area contributed by atoms with E-state index in [0.717, 1.165) is 0 Å². The van der Waals surface area contributed by atoms with Crippen molar-refractivity contribution in [2.45, 2.75) is 12.1 Å². The molecule has 0 atom stereocenters. The first-order valence-electron chi connectivity index (χ1n) is 6.12. The molecule has 2 aromatic rings. The highest BCUT2D eigenvalue weighted by Crippen LogP contribution is 2.32. The number of nitro groups is 1. The molecule has 22 heavy (non-hydrogen) atoms. The first-order chi connectivity index (χ1) is 10.5. The predicted octanol–water partition coefficient (Wildman–Crippen LogP) is 1.76. The lowest BCUT2D eigenvalue weighted by Crippen LogP contribution is -2.15. The van der Waals surface area contributed by atoms with E-state index in [4.69, 9.17) is 4.74 Å². The maximum absolute atomic E-state index is 11.9. The number of nitro benzene ring substituents is 1. The fourth-order valence-electron chi connectivity index (χ4n) is 1.70. The van der Waals surface area contributed by atoms with Gasteiger partial charge in [-0.2, -0.15) is 5.10 Å². The molecule has 1 aromatic carbocycles. The molecule has 0 spiro atoms. The van der Waals surface area contributed by atoms with Crippen molar-refractivity contribution in [1.82, 2.24) is 15.2 Å². The molecule has 0 radical (unpaired) electrons. The normalized spacial score (nSPS) is 10.3. The van der Waals surface area contributed by atoms with Gasteiger partial charge in [-0.1, -0.05) is 11.8 Å². The number of hydrogen-bond donors (Lipinski definition) is 2. The van der Waals surface area contributed by atoms with Crippen LogP contribution in [0.5, 0.6) is 5.75 Å². The summed E-state index contributed by atoms with van der Waals surface area (Å²) in [6.07, 6.45) is 1.35. The molecule has 1 heterocycles. The Kier molecular flexibility index (Phi) is 4.94. The van der Waals surface area contributed by atoms with Crippen LogP contribution in [-0.4, -0.2) is 38.9 Å². The number of thioether (sulfide) groups is 1. The predicted molar refractivity (Wildman–Crippen MR) is 80.1 cm³/mol. The maximum atomic E-state index is 11.9. The summed E-state index contributed by atoms with van der Waals surface area (Å²) in [5.41, 5.74) is 0.894. The molecular formula is C12H13N5O4S. The molecular weight excluding hydrogens is 310 g/mol. The number of amides is 1. The van der Waals surface area contributed by atoms with Gasteiger partial charge in [0.05, 0.1) is 17.8 Å². The fraction of sp³-hybridized carbons (Fsp3) is 0.250. The van der Waals surface area contributed by atoms with Gasteiger partial charge >= 0.3 is 5.69 Å². The number of carbonyl (C=O) groups excluding carboxylic acids is 1. The van der Waals surface area contributed by atoms with E-state index in [0.29, 0.717) is 16.4 Å². The molecule has 0 aliphatic carbocycles. The number of benzene rings is 1. The minimum Gasteiger partial charge on any atom is -0.490 e. The number of aromatic nitrogens is 3. The van der Waals surface area contributed by atoms with Gasteiger partial charge in [0.15, 0.2) is 10.9 Å². The summed E-state index contributed by atoms with van der Waals surface area (Å²) >= 11 is 1.20. The van der Waals surface area contributed by atoms with E-state index < -0.39 is 4.92 Å². The Morgan fingerprint density at radius 1 is 1.55 bits per heavy atom. The Morgan fingerprint density at radius 3 is 2.91 bits per heavy atom. The fourth-order valence-corrected chi connectivity index (χ4v) is 2.28. The van der Waals surface area contributed by atoms with E-state index >= 15 is 0 Å². The first-order valence-corrected chi connectivity index (χ1v) is 7.11. The van der Waals surface area contributed by atoms with Crippen molar-refractivity contribution in [3.05, 3.63) is 34.1 Å². The molecule has 0 aliphatic rings. The molecule has 0 fully saturated rings. The molecule has 0 aliphatic heterocycles. The summed E-state index contributed by atoms with van der Waals surface area (Å²) in [6, 6.07) is 2.79. The van der Waals surface area contributed by atoms with Gasteiger partial charge in [-0.15, -0.1) is 0 Å². The van der Waals surface area contributed by atoms with Crippen LogP contribution in [0.2, 0.25) is 0 Å². The van der Waals surface area contributed by atoms with Crippen LogP contribution in [-0.2, 0) is 4.79 Å². The van der Waals surface area contributed by atoms with Gasteiger partial charge in [0.2, 0.25) is 5.91 Å². The van der Waals surface area contributed by atoms with Crippen molar-refractivity contribution in [3.63, 3.8) is 0 Å². The average molecular weight is 323 g/mol. The van der Waals surface area contributed by atoms with Crippen LogP contribution in [0.4, 0.5) is 11.4 Å². The highest BCUT2D eigenvalue weighted by Gasteiger charge is 2.18. The molecule has 0 bridgehead atoms. The average Bonchev–Trinajstić information content (AvgIpc) is 3.00. The zero-order valence-corrected chi connectivity index (χ0v) is 12.6. The minimum atomic E-state index is -0.531. The van der Waals surface area contributed by atoms with E-state index in [1.54, 1.807) is 6.92 Å². The molecule has 1 amide bonds. The number of nitrogens with zero attached hydrogens (tertiary/aromatic N) is 3. The Hall–Kier alpha value is -2.62. The Bertz CT molecular complexity index is 689. The number of methoxy groups -OCH3 is 1. The largest absolute Gasteiger partial charge is 0.490 e. The Labute approximate surface area is 129 Å². The van der Waals surface area contributed by atoms with Gasteiger partial charge in [-0.3, -0.25) is 20.0 Å². The highest BCUT2D eigenvalue weighted by molar-refractivity contribution is 7.99. The lowest BCUT2D eigenvalue weighted by Gasteiger charge is -2.10. The number of anilines is 1. The van der Waals surface area contributed by atoms with Gasteiger partial charge in [-0.05, 0) is 12.5 Å². The summed E-state index contributed by atoms with van der Waals surface area (Å²) < 4.78 is 4.98. The highest BCUT2D eigenvalue weighted by atomic mass is 32.2. The van der Waals surface area contributed by atoms with Gasteiger partial charge in [0, 0.05) is 17.8 Å². The summed E-state index contributed by atoms with van der Waals surface area (Å²) in [5.74, 6) is -0.0392. The van der Waals surface area contributed by atoms with Crippen LogP contribution in [0.25, 0.3) is 0 Å². The summed E-state index contributed by atoms with van der Waals surface area (Å²) in [7, 11) is 1.34. The van der Waals surface area contributed by atoms with Crippen molar-refractivity contribution in [3.8, 4) is 5.75 Å². The third-order valence-electron chi connectivity index (χ3n) is 2.73. The van der Waals surface area contributed by atoms with Crippen LogP contribution in [0, 0.1) is 17.0 Å². The number of aryl methyl sites for hydroxylation is 1. The van der Waals surface area contributed by atoms with Crippen LogP contribution in [0.3, 0.4) is 0 Å². The number of rotatable bonds is 6. The summed E-state index contributed by atoms with van der Waals surface area (Å²) in [5, 5.41) is 20.5. The Balaban J connectivity index is 2.08. The summed E-state index contributed by atoms with van der Waals surface area (Å²) in [6.45, 7) is 1.67. The SMILES string of the molecule is COc1cc(NC(=O)CSc2ncn[nH]2)c(C)cc1[N+](=O)[O-]. The second-order valence-corrected chi connectivity index (χ2v) is 5.19. The summed E-state index contributed by atoms with van der Waals surface area (Å²) in [4.78, 5) is 26.2. The Morgan fingerprint density at radius 2 is 2.32 bits per heavy atom. The second kappa shape index (κ2) is 6.89. The van der Waals surface area contributed by atoms with Crippen molar-refractivity contribution in [2.75, 3.05) is 18.2 Å². The zero-order valence-electron chi connectivity index (χ0n) is 11.8. The van der Waals surface area contributed by atoms with Crippen LogP contribution >= 0.6 is 11.8 Å². The number of aromatic amines is 1. The van der Waals surface area contributed by atoms with E-state index in [1.165, 1.54) is 37.3 Å². The number of hydrogen-bond acceptors (Lipinski definition) is 7. The molecule has 10 heteroatoms. The van der Waals surface area contributed by atoms with Crippen molar-refractivity contribution in [2.24, 2.45) is 0 Å². The lowest BCUT2D eigenvalue weighted by atomic mass is 10.1. The molecule has 116 valence electrons. The standard InChI is InChI=1S/C12H13N5O4S/c1-7-3-9(17(19)20)10(21-2)4-8(7)15-11(18)5-22-12-13-6-14-16-12/h3-4,6H,5H2,1-2H3,(H,15,18)(H,13,14,16). The first kappa shape index (κ1) is 15.8. The smallest absolute Gasteiger partial charge is 0.311 e. The molecule has 2 N–H and O–H groups in total. The van der Waals surface area contributed by atoms with E-state index in [-0.39, 0.29) is 23.1 Å². The van der Waals surface area contributed by atoms with E-state index in [2.05, 4.69) is 20.5 Å². The van der Waals surface area contributed by atoms with Crippen molar-refractivity contribution >= 4 is 29.0 Å². The quantitative estimate of drug-likeness (QED) is 0.471. The van der Waals surface area contributed by atoms with Gasteiger partial charge in [-0.25, -0.2) is 4.98 Å². The number of H-pyrrole nitrogens is 1. The lowest BCUT2D eigenvalue weighted by molar-refractivity contribution is -0.385. The molecule has 9 nitrogen and oxygen atoms in total. The molecule has 0 saturated heterocycles. The molecule has 2 rings (SSSR count). The molecule has 0 saturated carbocycles. The van der Waals surface area contributed by atoms with Crippen molar-refractivity contribution < 1.29 is 14.5 Å². The number of nitrogens with one attached hydrogen (secondary N) is 2. The zero-order chi connectivity index (χ0) is 16.1. The van der Waals surface area contributed by atoms with Crippen LogP contribution in [0.1, 0.15) is 5.56 Å². The van der Waals surface area contributed by atoms with Gasteiger partial charge in [0.1, 0.15) is 6.33 Å². The van der Waals surface area contributed by atoms with Gasteiger partial charge in [0.25, 0.3) is 0 Å². The van der Waals surface area contributed by atoms with Crippen LogP contribution < -0.4 is 10.1 Å². The molecule has 0 unspecified atom stereocenters. The minimum absolute atomic E-state index is 0.0915. The van der Waals surface area contributed by atoms with E-state index in [1.807, 2.05) is 0 Å². The van der Waals surface area contributed by atoms with E-state index in [9.17, 15) is 14.9 Å². The molecule has 1 aromatic heterocycles. The number of ether oxygens (including phenoxy) is 1. The second-order valence-electron chi connectivity index (χ2n) is 4.22. The van der Waals surface area contributed by atoms with Crippen molar-refractivity contribution in [1.29, 1.82) is 0 Å². The van der Waals surface area contributed by atoms with Crippen LogP contribution in [0.15, 0.2) is 23.6 Å². The number of carbonyl (C=O) groups is 1. The van der Waals surface area contributed by atoms with Gasteiger partial charge < -0.3 is 10.1 Å². The third-order valence-corrected chi connectivity index (χ3v) is 3.61. The topological polar surface area (TPSA) is 123 Å². The third kappa shape index (κ3) is 3.73.